The third-order valence-corrected chi connectivity index (χ3v) is 5.84. The predicted molar refractivity (Wildman–Crippen MR) is 102 cm³/mol. The van der Waals surface area contributed by atoms with E-state index in [1.165, 1.54) is 0 Å². The van der Waals surface area contributed by atoms with Gasteiger partial charge < -0.3 is 14.4 Å². The SMILES string of the molecule is COc1ccc([C@@H]2OCC=C2S(=O)c2ccccc2N(C)C)cc1C. The van der Waals surface area contributed by atoms with Crippen molar-refractivity contribution < 1.29 is 13.7 Å². The van der Waals surface area contributed by atoms with Gasteiger partial charge in [-0.3, -0.25) is 0 Å². The van der Waals surface area contributed by atoms with Crippen LogP contribution in [-0.4, -0.2) is 32.0 Å². The lowest BCUT2D eigenvalue weighted by atomic mass is 10.1. The van der Waals surface area contributed by atoms with Crippen LogP contribution in [0.2, 0.25) is 0 Å². The van der Waals surface area contributed by atoms with E-state index in [0.29, 0.717) is 6.61 Å². The fraction of sp³-hybridized carbons (Fsp3) is 0.300. The molecule has 0 aromatic heterocycles. The fourth-order valence-corrected chi connectivity index (χ4v) is 4.54. The van der Waals surface area contributed by atoms with Crippen LogP contribution in [0.25, 0.3) is 0 Å². The Bertz CT molecular complexity index is 829. The molecule has 0 radical (unpaired) electrons. The number of nitrogens with zero attached hydrogens (tertiary/aromatic N) is 1. The number of para-hydroxylation sites is 1. The number of hydrogen-bond donors (Lipinski definition) is 0. The molecule has 1 heterocycles. The first-order chi connectivity index (χ1) is 12.0. The van der Waals surface area contributed by atoms with E-state index in [1.807, 2.05) is 74.5 Å². The topological polar surface area (TPSA) is 38.8 Å². The Morgan fingerprint density at radius 2 is 1.96 bits per heavy atom. The second-order valence-corrected chi connectivity index (χ2v) is 7.63. The molecule has 0 fully saturated rings. The standard InChI is InChI=1S/C20H23NO3S/c1-14-13-15(9-10-17(14)23-4)20-19(11-12-24-20)25(22)18-8-6-5-7-16(18)21(2)3/h5-11,13,20H,12H2,1-4H3/t20-,25?/m0/s1. The third-order valence-electron chi connectivity index (χ3n) is 4.29. The summed E-state index contributed by atoms with van der Waals surface area (Å²) >= 11 is 0. The van der Waals surface area contributed by atoms with Gasteiger partial charge in [-0.05, 0) is 48.4 Å². The minimum absolute atomic E-state index is 0.291. The van der Waals surface area contributed by atoms with Crippen LogP contribution in [0.1, 0.15) is 17.2 Å². The van der Waals surface area contributed by atoms with Gasteiger partial charge in [0.15, 0.2) is 0 Å². The van der Waals surface area contributed by atoms with Crippen molar-refractivity contribution in [3.05, 3.63) is 64.6 Å². The smallest absolute Gasteiger partial charge is 0.121 e. The van der Waals surface area contributed by atoms with Crippen molar-refractivity contribution in [1.82, 2.24) is 0 Å². The molecular formula is C20H23NO3S. The molecule has 0 saturated carbocycles. The van der Waals surface area contributed by atoms with Crippen molar-refractivity contribution in [2.24, 2.45) is 0 Å². The molecule has 4 nitrogen and oxygen atoms in total. The first-order valence-corrected chi connectivity index (χ1v) is 9.32. The van der Waals surface area contributed by atoms with E-state index in [4.69, 9.17) is 9.47 Å². The van der Waals surface area contributed by atoms with Gasteiger partial charge in [0.05, 0.1) is 40.0 Å². The fourth-order valence-electron chi connectivity index (χ4n) is 3.02. The second kappa shape index (κ2) is 7.42. The summed E-state index contributed by atoms with van der Waals surface area (Å²) < 4.78 is 24.5. The second-order valence-electron chi connectivity index (χ2n) is 6.18. The number of benzene rings is 2. The molecule has 0 saturated heterocycles. The van der Waals surface area contributed by atoms with Gasteiger partial charge in [-0.15, -0.1) is 0 Å². The van der Waals surface area contributed by atoms with Crippen LogP contribution < -0.4 is 9.64 Å². The normalized spacial score (nSPS) is 17.9. The van der Waals surface area contributed by atoms with Crippen molar-refractivity contribution in [2.45, 2.75) is 17.9 Å². The zero-order valence-electron chi connectivity index (χ0n) is 15.0. The average Bonchev–Trinajstić information content (AvgIpc) is 3.10. The Kier molecular flexibility index (Phi) is 5.25. The molecule has 2 atom stereocenters. The molecule has 1 unspecified atom stereocenters. The molecule has 1 aliphatic heterocycles. The van der Waals surface area contributed by atoms with E-state index in [0.717, 1.165) is 32.4 Å². The molecule has 132 valence electrons. The highest BCUT2D eigenvalue weighted by atomic mass is 32.2. The zero-order chi connectivity index (χ0) is 18.0. The summed E-state index contributed by atoms with van der Waals surface area (Å²) in [5.74, 6) is 0.839. The third kappa shape index (κ3) is 3.48. The first-order valence-electron chi connectivity index (χ1n) is 8.17. The Balaban J connectivity index is 1.95. The van der Waals surface area contributed by atoms with Crippen LogP contribution in [0.3, 0.4) is 0 Å². The molecule has 3 rings (SSSR count). The summed E-state index contributed by atoms with van der Waals surface area (Å²) in [5, 5.41) is 0. The Labute approximate surface area is 151 Å². The zero-order valence-corrected chi connectivity index (χ0v) is 15.8. The molecule has 0 spiro atoms. The number of ether oxygens (including phenoxy) is 2. The summed E-state index contributed by atoms with van der Waals surface area (Å²) in [6.07, 6.45) is 1.65. The number of methoxy groups -OCH3 is 1. The maximum atomic E-state index is 13.3. The largest absolute Gasteiger partial charge is 0.496 e. The van der Waals surface area contributed by atoms with Crippen molar-refractivity contribution in [2.75, 3.05) is 32.7 Å². The minimum atomic E-state index is -1.27. The molecule has 2 aromatic carbocycles. The molecule has 2 aromatic rings. The lowest BCUT2D eigenvalue weighted by Crippen LogP contribution is -2.13. The lowest BCUT2D eigenvalue weighted by Gasteiger charge is -2.20. The van der Waals surface area contributed by atoms with Crippen molar-refractivity contribution in [3.63, 3.8) is 0 Å². The highest BCUT2D eigenvalue weighted by molar-refractivity contribution is 7.89. The van der Waals surface area contributed by atoms with Gasteiger partial charge in [0.25, 0.3) is 0 Å². The summed E-state index contributed by atoms with van der Waals surface area (Å²) in [7, 11) is 4.30. The molecule has 5 heteroatoms. The van der Waals surface area contributed by atoms with E-state index in [9.17, 15) is 4.21 Å². The molecule has 0 bridgehead atoms. The van der Waals surface area contributed by atoms with Crippen LogP contribution in [0, 0.1) is 6.92 Å². The number of anilines is 1. The molecular weight excluding hydrogens is 334 g/mol. The van der Waals surface area contributed by atoms with Crippen molar-refractivity contribution in [3.8, 4) is 5.75 Å². The van der Waals surface area contributed by atoms with Crippen LogP contribution in [0.4, 0.5) is 5.69 Å². The maximum absolute atomic E-state index is 13.3. The van der Waals surface area contributed by atoms with E-state index < -0.39 is 10.8 Å². The van der Waals surface area contributed by atoms with Gasteiger partial charge in [-0.25, -0.2) is 4.21 Å². The quantitative estimate of drug-likeness (QED) is 0.815. The average molecular weight is 357 g/mol. The first kappa shape index (κ1) is 17.7. The summed E-state index contributed by atoms with van der Waals surface area (Å²) in [4.78, 5) is 3.59. The van der Waals surface area contributed by atoms with E-state index in [1.54, 1.807) is 7.11 Å². The van der Waals surface area contributed by atoms with Crippen molar-refractivity contribution >= 4 is 16.5 Å². The molecule has 1 aliphatic rings. The monoisotopic (exact) mass is 357 g/mol. The Morgan fingerprint density at radius 1 is 1.20 bits per heavy atom. The molecule has 0 N–H and O–H groups in total. The van der Waals surface area contributed by atoms with Crippen LogP contribution >= 0.6 is 0 Å². The summed E-state index contributed by atoms with van der Waals surface area (Å²) in [5.41, 5.74) is 2.99. The van der Waals surface area contributed by atoms with E-state index >= 15 is 0 Å². The van der Waals surface area contributed by atoms with Gasteiger partial charge >= 0.3 is 0 Å². The van der Waals surface area contributed by atoms with Gasteiger partial charge in [0.2, 0.25) is 0 Å². The van der Waals surface area contributed by atoms with Gasteiger partial charge in [-0.1, -0.05) is 18.2 Å². The molecule has 25 heavy (non-hydrogen) atoms. The van der Waals surface area contributed by atoms with E-state index in [2.05, 4.69) is 0 Å². The van der Waals surface area contributed by atoms with Crippen LogP contribution in [0.15, 0.2) is 58.3 Å². The highest BCUT2D eigenvalue weighted by Gasteiger charge is 2.29. The highest BCUT2D eigenvalue weighted by Crippen LogP contribution is 2.38. The Hall–Kier alpha value is -2.11. The summed E-state index contributed by atoms with van der Waals surface area (Å²) in [6, 6.07) is 13.7. The van der Waals surface area contributed by atoms with Gasteiger partial charge in [-0.2, -0.15) is 0 Å². The van der Waals surface area contributed by atoms with Crippen LogP contribution in [-0.2, 0) is 15.5 Å². The Morgan fingerprint density at radius 3 is 2.64 bits per heavy atom. The van der Waals surface area contributed by atoms with Gasteiger partial charge in [0.1, 0.15) is 11.9 Å². The molecule has 0 aliphatic carbocycles. The number of hydrogen-bond acceptors (Lipinski definition) is 4. The van der Waals surface area contributed by atoms with E-state index in [-0.39, 0.29) is 6.10 Å². The number of rotatable bonds is 5. The predicted octanol–water partition coefficient (Wildman–Crippen LogP) is 3.83. The lowest BCUT2D eigenvalue weighted by molar-refractivity contribution is 0.127. The maximum Gasteiger partial charge on any atom is 0.121 e. The van der Waals surface area contributed by atoms with Crippen molar-refractivity contribution in [1.29, 1.82) is 0 Å². The van der Waals surface area contributed by atoms with Crippen LogP contribution in [0.5, 0.6) is 5.75 Å². The summed E-state index contributed by atoms with van der Waals surface area (Å²) in [6.45, 7) is 2.47. The molecule has 0 amide bonds. The minimum Gasteiger partial charge on any atom is -0.496 e. The van der Waals surface area contributed by atoms with Gasteiger partial charge in [0, 0.05) is 14.1 Å². The number of aryl methyl sites for hydroxylation is 1.